The van der Waals surface area contributed by atoms with E-state index in [9.17, 15) is 9.13 Å². The van der Waals surface area contributed by atoms with E-state index in [-0.39, 0.29) is 6.42 Å². The van der Waals surface area contributed by atoms with Gasteiger partial charge in [0.15, 0.2) is 0 Å². The van der Waals surface area contributed by atoms with Gasteiger partial charge in [-0.1, -0.05) is 38.3 Å². The SMILES string of the molecule is CCCCCCC=CCC(CP(=O)(O)O)P(=O)(O)O. The van der Waals surface area contributed by atoms with Crippen LogP contribution >= 0.6 is 15.2 Å². The van der Waals surface area contributed by atoms with Crippen LogP contribution in [0, 0.1) is 0 Å². The lowest BCUT2D eigenvalue weighted by Crippen LogP contribution is -2.13. The molecule has 0 bridgehead atoms. The van der Waals surface area contributed by atoms with Crippen LogP contribution in [0.4, 0.5) is 0 Å². The van der Waals surface area contributed by atoms with Crippen molar-refractivity contribution in [3.05, 3.63) is 12.2 Å². The smallest absolute Gasteiger partial charge is 0.324 e. The van der Waals surface area contributed by atoms with E-state index >= 15 is 0 Å². The van der Waals surface area contributed by atoms with Gasteiger partial charge in [-0.25, -0.2) is 0 Å². The molecule has 0 saturated heterocycles. The van der Waals surface area contributed by atoms with Gasteiger partial charge in [0.25, 0.3) is 0 Å². The highest BCUT2D eigenvalue weighted by Gasteiger charge is 2.33. The van der Waals surface area contributed by atoms with Crippen LogP contribution in [-0.2, 0) is 9.13 Å². The minimum Gasteiger partial charge on any atom is -0.324 e. The molecule has 0 aliphatic heterocycles. The van der Waals surface area contributed by atoms with Crippen LogP contribution in [0.1, 0.15) is 45.4 Å². The fourth-order valence-electron chi connectivity index (χ4n) is 1.65. The zero-order valence-corrected chi connectivity index (χ0v) is 13.0. The van der Waals surface area contributed by atoms with Crippen LogP contribution in [0.2, 0.25) is 0 Å². The first-order chi connectivity index (χ1) is 8.67. The van der Waals surface area contributed by atoms with Gasteiger partial charge in [0, 0.05) is 0 Å². The Kier molecular flexibility index (Phi) is 9.08. The second-order valence-electron chi connectivity index (χ2n) is 4.65. The number of allylic oxidation sites excluding steroid dienone is 2. The second-order valence-corrected chi connectivity index (χ2v) is 8.25. The third kappa shape index (κ3) is 11.6. The molecule has 1 atom stereocenters. The molecule has 0 heterocycles. The normalized spacial score (nSPS) is 15.0. The van der Waals surface area contributed by atoms with E-state index in [1.807, 2.05) is 6.08 Å². The van der Waals surface area contributed by atoms with Gasteiger partial charge in [-0.05, 0) is 19.3 Å². The summed E-state index contributed by atoms with van der Waals surface area (Å²) in [6, 6.07) is 0. The molecule has 0 spiro atoms. The first-order valence-corrected chi connectivity index (χ1v) is 9.89. The van der Waals surface area contributed by atoms with Crippen LogP contribution in [0.15, 0.2) is 12.2 Å². The van der Waals surface area contributed by atoms with Crippen molar-refractivity contribution in [3.63, 3.8) is 0 Å². The monoisotopic (exact) mass is 314 g/mol. The molecule has 0 aromatic carbocycles. The summed E-state index contributed by atoms with van der Waals surface area (Å²) in [5.74, 6) is 0. The van der Waals surface area contributed by atoms with Gasteiger partial charge < -0.3 is 19.6 Å². The second kappa shape index (κ2) is 9.06. The van der Waals surface area contributed by atoms with Crippen molar-refractivity contribution in [2.75, 3.05) is 6.16 Å². The van der Waals surface area contributed by atoms with Gasteiger partial charge >= 0.3 is 15.2 Å². The highest BCUT2D eigenvalue weighted by atomic mass is 31.2. The maximum Gasteiger partial charge on any atom is 0.329 e. The van der Waals surface area contributed by atoms with Crippen LogP contribution in [-0.4, -0.2) is 31.4 Å². The van der Waals surface area contributed by atoms with Crippen LogP contribution < -0.4 is 0 Å². The average Bonchev–Trinajstić information content (AvgIpc) is 2.23. The van der Waals surface area contributed by atoms with E-state index in [1.54, 1.807) is 6.08 Å². The van der Waals surface area contributed by atoms with Gasteiger partial charge in [0.1, 0.15) is 0 Å². The summed E-state index contributed by atoms with van der Waals surface area (Å²) in [5.41, 5.74) is -1.31. The molecule has 0 fully saturated rings. The van der Waals surface area contributed by atoms with Crippen molar-refractivity contribution in [3.8, 4) is 0 Å². The van der Waals surface area contributed by atoms with Crippen LogP contribution in [0.5, 0.6) is 0 Å². The average molecular weight is 314 g/mol. The molecule has 0 amide bonds. The molecular formula is C11H24O6P2. The zero-order valence-electron chi connectivity index (χ0n) is 11.2. The van der Waals surface area contributed by atoms with E-state index in [1.165, 1.54) is 0 Å². The lowest BCUT2D eigenvalue weighted by atomic mass is 10.1. The van der Waals surface area contributed by atoms with Gasteiger partial charge in [-0.15, -0.1) is 0 Å². The fraction of sp³-hybridized carbons (Fsp3) is 0.818. The number of unbranched alkanes of at least 4 members (excludes halogenated alkanes) is 4. The Morgan fingerprint density at radius 2 is 1.63 bits per heavy atom. The van der Waals surface area contributed by atoms with Crippen molar-refractivity contribution < 1.29 is 28.7 Å². The molecule has 19 heavy (non-hydrogen) atoms. The minimum atomic E-state index is -4.48. The molecule has 0 aliphatic rings. The first kappa shape index (κ1) is 19.0. The molecule has 0 radical (unpaired) electrons. The van der Waals surface area contributed by atoms with Crippen molar-refractivity contribution in [1.29, 1.82) is 0 Å². The molecule has 0 aromatic heterocycles. The van der Waals surface area contributed by atoms with Crippen molar-refractivity contribution in [2.45, 2.75) is 51.1 Å². The van der Waals surface area contributed by atoms with Crippen LogP contribution in [0.3, 0.4) is 0 Å². The van der Waals surface area contributed by atoms with Gasteiger partial charge in [-0.2, -0.15) is 0 Å². The van der Waals surface area contributed by atoms with E-state index < -0.39 is 27.0 Å². The predicted molar refractivity (Wildman–Crippen MR) is 75.3 cm³/mol. The van der Waals surface area contributed by atoms with Gasteiger partial charge in [0.05, 0.1) is 11.8 Å². The Morgan fingerprint density at radius 1 is 1.00 bits per heavy atom. The lowest BCUT2D eigenvalue weighted by Gasteiger charge is -2.17. The van der Waals surface area contributed by atoms with Gasteiger partial charge in [-0.3, -0.25) is 9.13 Å². The molecule has 8 heteroatoms. The Bertz CT molecular complexity index is 356. The number of hydrogen-bond acceptors (Lipinski definition) is 2. The Labute approximate surface area is 114 Å². The molecular weight excluding hydrogens is 290 g/mol. The summed E-state index contributed by atoms with van der Waals surface area (Å²) in [5, 5.41) is 0. The topological polar surface area (TPSA) is 115 Å². The number of hydrogen-bond donors (Lipinski definition) is 4. The molecule has 0 aliphatic carbocycles. The highest BCUT2D eigenvalue weighted by molar-refractivity contribution is 7.56. The third-order valence-corrected chi connectivity index (χ3v) is 5.27. The Hall–Kier alpha value is 0.0400. The van der Waals surface area contributed by atoms with Crippen molar-refractivity contribution in [1.82, 2.24) is 0 Å². The van der Waals surface area contributed by atoms with Crippen LogP contribution in [0.25, 0.3) is 0 Å². The largest absolute Gasteiger partial charge is 0.329 e. The summed E-state index contributed by atoms with van der Waals surface area (Å²) in [4.78, 5) is 35.7. The maximum absolute atomic E-state index is 11.1. The van der Waals surface area contributed by atoms with E-state index in [2.05, 4.69) is 6.92 Å². The number of rotatable bonds is 10. The Balaban J connectivity index is 4.18. The molecule has 1 unspecified atom stereocenters. The van der Waals surface area contributed by atoms with Gasteiger partial charge in [0.2, 0.25) is 0 Å². The van der Waals surface area contributed by atoms with E-state index in [0.29, 0.717) is 0 Å². The van der Waals surface area contributed by atoms with Crippen molar-refractivity contribution in [2.24, 2.45) is 0 Å². The molecule has 6 nitrogen and oxygen atoms in total. The molecule has 114 valence electrons. The zero-order chi connectivity index (χ0) is 14.9. The summed E-state index contributed by atoms with van der Waals surface area (Å²) < 4.78 is 22.0. The Morgan fingerprint density at radius 3 is 2.11 bits per heavy atom. The molecule has 4 N–H and O–H groups in total. The van der Waals surface area contributed by atoms with E-state index in [0.717, 1.165) is 32.1 Å². The summed E-state index contributed by atoms with van der Waals surface area (Å²) in [6.45, 7) is 2.11. The first-order valence-electron chi connectivity index (χ1n) is 6.41. The van der Waals surface area contributed by atoms with Crippen molar-refractivity contribution >= 4 is 15.2 Å². The minimum absolute atomic E-state index is 0.0107. The molecule has 0 rings (SSSR count). The highest BCUT2D eigenvalue weighted by Crippen LogP contribution is 2.50. The summed E-state index contributed by atoms with van der Waals surface area (Å²) in [6.07, 6.45) is 7.89. The molecule has 0 saturated carbocycles. The predicted octanol–water partition coefficient (Wildman–Crippen LogP) is 2.63. The maximum atomic E-state index is 11.1. The quantitative estimate of drug-likeness (QED) is 0.280. The van der Waals surface area contributed by atoms with E-state index in [4.69, 9.17) is 19.6 Å². The summed E-state index contributed by atoms with van der Waals surface area (Å²) >= 11 is 0. The fourth-order valence-corrected chi connectivity index (χ4v) is 4.24. The standard InChI is InChI=1S/C11H24O6P2/c1-2-3-4-5-6-7-8-9-11(19(15,16)17)10-18(12,13)14/h7-8,11H,2-6,9-10H2,1H3,(H2,12,13,14)(H2,15,16,17). The third-order valence-electron chi connectivity index (χ3n) is 2.72. The summed E-state index contributed by atoms with van der Waals surface area (Å²) in [7, 11) is -8.90. The molecule has 0 aromatic rings. The lowest BCUT2D eigenvalue weighted by molar-refractivity contribution is 0.346.